The molecule has 2 N–H and O–H groups in total. The van der Waals surface area contributed by atoms with Crippen molar-refractivity contribution in [2.45, 2.75) is 6.10 Å². The molecule has 2 aliphatic heterocycles. The first-order valence-electron chi connectivity index (χ1n) is 11.3. The molecule has 0 atom stereocenters. The van der Waals surface area contributed by atoms with Crippen LogP contribution >= 0.6 is 0 Å². The lowest BCUT2D eigenvalue weighted by atomic mass is 10.1. The van der Waals surface area contributed by atoms with Crippen LogP contribution < -0.4 is 15.0 Å². The molecule has 5 rings (SSSR count). The van der Waals surface area contributed by atoms with Crippen LogP contribution in [0.4, 0.5) is 22.1 Å². The number of hydrogen-bond acceptors (Lipinski definition) is 8. The number of carbonyl (C=O) groups is 1. The van der Waals surface area contributed by atoms with Crippen LogP contribution in [0, 0.1) is 11.3 Å². The van der Waals surface area contributed by atoms with Crippen molar-refractivity contribution in [1.29, 1.82) is 5.26 Å². The quantitative estimate of drug-likeness (QED) is 0.556. The number of ether oxygens (including phenoxy) is 2. The summed E-state index contributed by atoms with van der Waals surface area (Å²) in [5.74, 6) is 0.878. The summed E-state index contributed by atoms with van der Waals surface area (Å²) in [6, 6.07) is 17.3. The van der Waals surface area contributed by atoms with Crippen LogP contribution in [0.15, 0.2) is 54.7 Å². The zero-order chi connectivity index (χ0) is 24.2. The average Bonchev–Trinajstić information content (AvgIpc) is 2.87. The summed E-state index contributed by atoms with van der Waals surface area (Å²) in [6.45, 7) is 3.82. The minimum Gasteiger partial charge on any atom is -0.485 e. The number of morpholine rings is 1. The predicted molar refractivity (Wildman–Crippen MR) is 129 cm³/mol. The molecular weight excluding hydrogens is 448 g/mol. The molecule has 1 amide bonds. The Hall–Kier alpha value is -4.36. The van der Waals surface area contributed by atoms with Crippen molar-refractivity contribution < 1.29 is 19.4 Å². The molecule has 10 nitrogen and oxygen atoms in total. The van der Waals surface area contributed by atoms with Crippen LogP contribution in [0.2, 0.25) is 0 Å². The summed E-state index contributed by atoms with van der Waals surface area (Å²) in [4.78, 5) is 23.4. The van der Waals surface area contributed by atoms with Gasteiger partial charge in [0.1, 0.15) is 17.9 Å². The lowest BCUT2D eigenvalue weighted by molar-refractivity contribution is 0.0251. The smallest absolute Gasteiger partial charge is 0.407 e. The van der Waals surface area contributed by atoms with Crippen LogP contribution in [0.1, 0.15) is 5.56 Å². The number of aromatic nitrogens is 2. The standard InChI is InChI=1S/C25H24N6O4/c26-14-18-13-17(1-6-23(18)35-21-15-31(16-21)25(32)33)22-7-8-27-24(29-22)28-19-2-4-20(5-3-19)30-9-11-34-12-10-30/h1-8,13,21H,9-12,15-16H2,(H,32,33)(H,27,28,29). The maximum atomic E-state index is 10.9. The van der Waals surface area contributed by atoms with Crippen molar-refractivity contribution in [3.05, 3.63) is 60.3 Å². The highest BCUT2D eigenvalue weighted by Crippen LogP contribution is 2.28. The van der Waals surface area contributed by atoms with Crippen molar-refractivity contribution in [3.8, 4) is 23.1 Å². The second-order valence-electron chi connectivity index (χ2n) is 8.29. The molecular formula is C25H24N6O4. The van der Waals surface area contributed by atoms with Gasteiger partial charge in [-0.05, 0) is 48.5 Å². The van der Waals surface area contributed by atoms with Crippen LogP contribution in [-0.4, -0.2) is 71.6 Å². The third-order valence-electron chi connectivity index (χ3n) is 5.96. The second kappa shape index (κ2) is 9.87. The van der Waals surface area contributed by atoms with E-state index in [1.165, 1.54) is 4.90 Å². The van der Waals surface area contributed by atoms with Crippen molar-refractivity contribution >= 4 is 23.4 Å². The van der Waals surface area contributed by atoms with Gasteiger partial charge in [0.2, 0.25) is 5.95 Å². The Labute approximate surface area is 202 Å². The SMILES string of the molecule is N#Cc1cc(-c2ccnc(Nc3ccc(N4CCOCC4)cc3)n2)ccc1OC1CN(C(=O)O)C1. The first kappa shape index (κ1) is 22.4. The number of likely N-dealkylation sites (tertiary alicyclic amines) is 1. The Kier molecular flexibility index (Phi) is 6.32. The summed E-state index contributed by atoms with van der Waals surface area (Å²) in [7, 11) is 0. The zero-order valence-corrected chi connectivity index (χ0v) is 18.9. The van der Waals surface area contributed by atoms with Crippen LogP contribution in [0.25, 0.3) is 11.3 Å². The fourth-order valence-corrected chi connectivity index (χ4v) is 4.01. The predicted octanol–water partition coefficient (Wildman–Crippen LogP) is 3.34. The van der Waals surface area contributed by atoms with E-state index in [4.69, 9.17) is 14.6 Å². The summed E-state index contributed by atoms with van der Waals surface area (Å²) in [5, 5.41) is 21.8. The van der Waals surface area contributed by atoms with E-state index in [9.17, 15) is 10.1 Å². The molecule has 0 spiro atoms. The van der Waals surface area contributed by atoms with E-state index in [1.54, 1.807) is 24.4 Å². The molecule has 1 aromatic heterocycles. The van der Waals surface area contributed by atoms with Gasteiger partial charge in [-0.15, -0.1) is 0 Å². The fraction of sp³-hybridized carbons (Fsp3) is 0.280. The van der Waals surface area contributed by atoms with Gasteiger partial charge in [-0.1, -0.05) is 0 Å². The van der Waals surface area contributed by atoms with E-state index >= 15 is 0 Å². The lowest BCUT2D eigenvalue weighted by Gasteiger charge is -2.36. The number of hydrogen-bond donors (Lipinski definition) is 2. The van der Waals surface area contributed by atoms with E-state index in [-0.39, 0.29) is 19.2 Å². The Morgan fingerprint density at radius 2 is 1.91 bits per heavy atom. The number of carboxylic acid groups (broad SMARTS) is 1. The van der Waals surface area contributed by atoms with Crippen LogP contribution in [0.5, 0.6) is 5.75 Å². The number of benzene rings is 2. The number of nitriles is 1. The molecule has 2 aliphatic rings. The molecule has 2 fully saturated rings. The van der Waals surface area contributed by atoms with Crippen molar-refractivity contribution in [1.82, 2.24) is 14.9 Å². The molecule has 0 aliphatic carbocycles. The highest BCUT2D eigenvalue weighted by molar-refractivity contribution is 5.67. The number of nitrogens with one attached hydrogen (secondary N) is 1. The van der Waals surface area contributed by atoms with Gasteiger partial charge in [-0.3, -0.25) is 0 Å². The van der Waals surface area contributed by atoms with E-state index in [0.717, 1.165) is 43.2 Å². The van der Waals surface area contributed by atoms with E-state index in [0.29, 0.717) is 23.0 Å². The maximum Gasteiger partial charge on any atom is 0.407 e. The molecule has 3 heterocycles. The molecule has 0 bridgehead atoms. The molecule has 35 heavy (non-hydrogen) atoms. The summed E-state index contributed by atoms with van der Waals surface area (Å²) >= 11 is 0. The van der Waals surface area contributed by atoms with Gasteiger partial charge < -0.3 is 29.7 Å². The van der Waals surface area contributed by atoms with Gasteiger partial charge in [-0.2, -0.15) is 5.26 Å². The van der Waals surface area contributed by atoms with E-state index < -0.39 is 6.09 Å². The van der Waals surface area contributed by atoms with E-state index in [2.05, 4.69) is 38.4 Å². The first-order chi connectivity index (χ1) is 17.1. The number of anilines is 3. The highest BCUT2D eigenvalue weighted by atomic mass is 16.5. The summed E-state index contributed by atoms with van der Waals surface area (Å²) in [5.41, 5.74) is 3.80. The molecule has 3 aromatic rings. The Bertz CT molecular complexity index is 1250. The number of amides is 1. The number of rotatable bonds is 6. The van der Waals surface area contributed by atoms with Gasteiger partial charge in [0, 0.05) is 36.2 Å². The van der Waals surface area contributed by atoms with Crippen LogP contribution in [-0.2, 0) is 4.74 Å². The Balaban J connectivity index is 1.27. The summed E-state index contributed by atoms with van der Waals surface area (Å²) < 4.78 is 11.2. The molecule has 0 saturated carbocycles. The van der Waals surface area contributed by atoms with Gasteiger partial charge in [0.05, 0.1) is 37.6 Å². The minimum atomic E-state index is -0.970. The molecule has 0 unspecified atom stereocenters. The normalized spacial score (nSPS) is 15.7. The maximum absolute atomic E-state index is 10.9. The summed E-state index contributed by atoms with van der Waals surface area (Å²) in [6.07, 6.45) is 0.438. The third kappa shape index (κ3) is 5.10. The van der Waals surface area contributed by atoms with Crippen molar-refractivity contribution in [2.24, 2.45) is 0 Å². The molecule has 2 saturated heterocycles. The van der Waals surface area contributed by atoms with Gasteiger partial charge in [0.15, 0.2) is 0 Å². The third-order valence-corrected chi connectivity index (χ3v) is 5.96. The van der Waals surface area contributed by atoms with Gasteiger partial charge in [-0.25, -0.2) is 14.8 Å². The first-order valence-corrected chi connectivity index (χ1v) is 11.3. The Morgan fingerprint density at radius 1 is 1.14 bits per heavy atom. The molecule has 178 valence electrons. The monoisotopic (exact) mass is 472 g/mol. The average molecular weight is 473 g/mol. The largest absolute Gasteiger partial charge is 0.485 e. The zero-order valence-electron chi connectivity index (χ0n) is 18.9. The topological polar surface area (TPSA) is 124 Å². The van der Waals surface area contributed by atoms with E-state index in [1.807, 2.05) is 18.2 Å². The Morgan fingerprint density at radius 3 is 2.63 bits per heavy atom. The molecule has 2 aromatic carbocycles. The highest BCUT2D eigenvalue weighted by Gasteiger charge is 2.32. The van der Waals surface area contributed by atoms with Gasteiger partial charge in [0.25, 0.3) is 0 Å². The second-order valence-corrected chi connectivity index (χ2v) is 8.29. The van der Waals surface area contributed by atoms with Crippen molar-refractivity contribution in [3.63, 3.8) is 0 Å². The molecule has 10 heteroatoms. The lowest BCUT2D eigenvalue weighted by Crippen LogP contribution is -2.55. The van der Waals surface area contributed by atoms with Gasteiger partial charge >= 0.3 is 6.09 Å². The van der Waals surface area contributed by atoms with Crippen molar-refractivity contribution in [2.75, 3.05) is 49.6 Å². The number of nitrogens with zero attached hydrogens (tertiary/aromatic N) is 5. The molecule has 0 radical (unpaired) electrons. The fourth-order valence-electron chi connectivity index (χ4n) is 4.01. The van der Waals surface area contributed by atoms with Crippen LogP contribution in [0.3, 0.4) is 0 Å². The minimum absolute atomic E-state index is 0.256.